The van der Waals surface area contributed by atoms with Gasteiger partial charge >= 0.3 is 0 Å². The second-order valence-corrected chi connectivity index (χ2v) is 7.71. The number of nitrogens with zero attached hydrogens (tertiary/aromatic N) is 4. The predicted molar refractivity (Wildman–Crippen MR) is 88.2 cm³/mol. The van der Waals surface area contributed by atoms with Crippen molar-refractivity contribution in [1.29, 1.82) is 0 Å². The molecule has 0 aliphatic heterocycles. The zero-order valence-corrected chi connectivity index (χ0v) is 14.6. The quantitative estimate of drug-likeness (QED) is 0.813. The zero-order valence-electron chi connectivity index (χ0n) is 12.2. The van der Waals surface area contributed by atoms with Crippen molar-refractivity contribution >= 4 is 32.4 Å². The molecule has 0 aliphatic carbocycles. The standard InChI is InChI=1S/C13H18BrN5OS/c1-8(21(3)20)4-5-19-13(16-17-18-19)11-6-10(14)7-12(15)9(11)2/h6-8H,4-5,15H2,1-3H3. The molecular weight excluding hydrogens is 354 g/mol. The van der Waals surface area contributed by atoms with Crippen LogP contribution in [-0.4, -0.2) is 35.9 Å². The number of hydrogen-bond donors (Lipinski definition) is 1. The summed E-state index contributed by atoms with van der Waals surface area (Å²) in [4.78, 5) is 0. The van der Waals surface area contributed by atoms with Gasteiger partial charge in [-0.2, -0.15) is 0 Å². The maximum Gasteiger partial charge on any atom is 0.182 e. The minimum Gasteiger partial charge on any atom is -0.398 e. The number of halogens is 1. The van der Waals surface area contributed by atoms with Crippen molar-refractivity contribution < 1.29 is 4.21 Å². The number of aromatic nitrogens is 4. The number of rotatable bonds is 5. The molecule has 1 aromatic carbocycles. The highest BCUT2D eigenvalue weighted by atomic mass is 79.9. The third-order valence-electron chi connectivity index (χ3n) is 3.50. The van der Waals surface area contributed by atoms with Gasteiger partial charge in [-0.25, -0.2) is 4.68 Å². The minimum atomic E-state index is -0.844. The van der Waals surface area contributed by atoms with Crippen LogP contribution < -0.4 is 5.73 Å². The van der Waals surface area contributed by atoms with Gasteiger partial charge in [0.2, 0.25) is 0 Å². The summed E-state index contributed by atoms with van der Waals surface area (Å²) in [6.07, 6.45) is 2.47. The predicted octanol–water partition coefficient (Wildman–Crippen LogP) is 2.15. The summed E-state index contributed by atoms with van der Waals surface area (Å²) in [5.74, 6) is 0.676. The highest BCUT2D eigenvalue weighted by Crippen LogP contribution is 2.29. The molecule has 1 heterocycles. The normalized spacial score (nSPS) is 14.1. The van der Waals surface area contributed by atoms with E-state index >= 15 is 0 Å². The van der Waals surface area contributed by atoms with Gasteiger partial charge in [-0.05, 0) is 41.5 Å². The van der Waals surface area contributed by atoms with Crippen LogP contribution in [0.15, 0.2) is 16.6 Å². The Morgan fingerprint density at radius 3 is 2.86 bits per heavy atom. The SMILES string of the molecule is Cc1c(N)cc(Br)cc1-c1nnnn1CCC(C)S(C)=O. The van der Waals surface area contributed by atoms with Crippen LogP contribution in [0.3, 0.4) is 0 Å². The van der Waals surface area contributed by atoms with Crippen LogP contribution in [0.4, 0.5) is 5.69 Å². The second-order valence-electron chi connectivity index (χ2n) is 4.99. The summed E-state index contributed by atoms with van der Waals surface area (Å²) in [6.45, 7) is 4.53. The van der Waals surface area contributed by atoms with Gasteiger partial charge in [0.05, 0.1) is 0 Å². The van der Waals surface area contributed by atoms with Gasteiger partial charge < -0.3 is 5.73 Å². The van der Waals surface area contributed by atoms with Gasteiger partial charge in [-0.15, -0.1) is 5.10 Å². The molecule has 2 unspecified atom stereocenters. The number of nitrogens with two attached hydrogens (primary N) is 1. The first-order valence-electron chi connectivity index (χ1n) is 6.54. The topological polar surface area (TPSA) is 86.7 Å². The first kappa shape index (κ1) is 16.1. The summed E-state index contributed by atoms with van der Waals surface area (Å²) >= 11 is 3.44. The van der Waals surface area contributed by atoms with Gasteiger partial charge in [0, 0.05) is 44.6 Å². The molecule has 6 nitrogen and oxygen atoms in total. The van der Waals surface area contributed by atoms with E-state index in [0.29, 0.717) is 18.1 Å². The fraction of sp³-hybridized carbons (Fsp3) is 0.462. The van der Waals surface area contributed by atoms with Crippen LogP contribution in [0.5, 0.6) is 0 Å². The minimum absolute atomic E-state index is 0.107. The monoisotopic (exact) mass is 371 g/mol. The van der Waals surface area contributed by atoms with E-state index in [0.717, 1.165) is 22.0 Å². The molecule has 1 aromatic heterocycles. The Kier molecular flexibility index (Phi) is 5.10. The molecular formula is C13H18BrN5OS. The molecule has 0 fully saturated rings. The van der Waals surface area contributed by atoms with E-state index in [1.54, 1.807) is 10.9 Å². The fourth-order valence-corrected chi connectivity index (χ4v) is 2.86. The number of anilines is 1. The van der Waals surface area contributed by atoms with E-state index in [2.05, 4.69) is 31.5 Å². The fourth-order valence-electron chi connectivity index (χ4n) is 1.95. The van der Waals surface area contributed by atoms with E-state index < -0.39 is 10.8 Å². The third kappa shape index (κ3) is 3.68. The third-order valence-corrected chi connectivity index (χ3v) is 5.33. The Hall–Kier alpha value is -1.28. The lowest BCUT2D eigenvalue weighted by Gasteiger charge is -2.11. The van der Waals surface area contributed by atoms with Gasteiger partial charge in [-0.3, -0.25) is 4.21 Å². The van der Waals surface area contributed by atoms with Crippen molar-refractivity contribution in [1.82, 2.24) is 20.2 Å². The molecule has 0 spiro atoms. The summed E-state index contributed by atoms with van der Waals surface area (Å²) < 4.78 is 14.0. The average Bonchev–Trinajstić information content (AvgIpc) is 2.88. The summed E-state index contributed by atoms with van der Waals surface area (Å²) in [5, 5.41) is 12.0. The molecule has 2 rings (SSSR count). The lowest BCUT2D eigenvalue weighted by molar-refractivity contribution is 0.556. The smallest absolute Gasteiger partial charge is 0.182 e. The Morgan fingerprint density at radius 2 is 2.19 bits per heavy atom. The molecule has 2 aromatic rings. The highest BCUT2D eigenvalue weighted by molar-refractivity contribution is 9.10. The molecule has 0 amide bonds. The van der Waals surface area contributed by atoms with Gasteiger partial charge in [0.15, 0.2) is 5.82 Å². The zero-order chi connectivity index (χ0) is 15.6. The number of benzene rings is 1. The van der Waals surface area contributed by atoms with Crippen LogP contribution in [-0.2, 0) is 17.3 Å². The molecule has 2 atom stereocenters. The van der Waals surface area contributed by atoms with E-state index in [4.69, 9.17) is 5.73 Å². The van der Waals surface area contributed by atoms with Crippen LogP contribution in [0.2, 0.25) is 0 Å². The summed E-state index contributed by atoms with van der Waals surface area (Å²) in [6, 6.07) is 3.81. The van der Waals surface area contributed by atoms with Crippen molar-refractivity contribution in [2.75, 3.05) is 12.0 Å². The van der Waals surface area contributed by atoms with Crippen molar-refractivity contribution in [3.63, 3.8) is 0 Å². The van der Waals surface area contributed by atoms with E-state index in [9.17, 15) is 4.21 Å². The van der Waals surface area contributed by atoms with Gasteiger partial charge in [0.25, 0.3) is 0 Å². The van der Waals surface area contributed by atoms with Crippen LogP contribution in [0.25, 0.3) is 11.4 Å². The number of tetrazole rings is 1. The lowest BCUT2D eigenvalue weighted by atomic mass is 10.1. The van der Waals surface area contributed by atoms with E-state index in [-0.39, 0.29) is 5.25 Å². The Balaban J connectivity index is 2.31. The van der Waals surface area contributed by atoms with E-state index in [1.807, 2.05) is 26.0 Å². The van der Waals surface area contributed by atoms with Crippen LogP contribution in [0, 0.1) is 6.92 Å². The largest absolute Gasteiger partial charge is 0.398 e. The number of nitrogen functional groups attached to an aromatic ring is 1. The maximum absolute atomic E-state index is 11.4. The van der Waals surface area contributed by atoms with Gasteiger partial charge in [0.1, 0.15) is 0 Å². The molecule has 2 N–H and O–H groups in total. The molecule has 21 heavy (non-hydrogen) atoms. The van der Waals surface area contributed by atoms with Crippen molar-refractivity contribution in [3.05, 3.63) is 22.2 Å². The number of hydrogen-bond acceptors (Lipinski definition) is 5. The Bertz CT molecular complexity index is 673. The molecule has 0 bridgehead atoms. The molecule has 114 valence electrons. The molecule has 0 aliphatic rings. The van der Waals surface area contributed by atoms with Crippen LogP contribution in [0.1, 0.15) is 18.9 Å². The van der Waals surface area contributed by atoms with Crippen molar-refractivity contribution in [2.24, 2.45) is 0 Å². The summed E-state index contributed by atoms with van der Waals surface area (Å²) in [7, 11) is -0.844. The van der Waals surface area contributed by atoms with Gasteiger partial charge in [-0.1, -0.05) is 22.9 Å². The first-order chi connectivity index (χ1) is 9.90. The molecule has 0 saturated carbocycles. The molecule has 8 heteroatoms. The number of aryl methyl sites for hydroxylation is 1. The lowest BCUT2D eigenvalue weighted by Crippen LogP contribution is -2.14. The highest BCUT2D eigenvalue weighted by Gasteiger charge is 2.15. The first-order valence-corrected chi connectivity index (χ1v) is 8.96. The Labute approximate surface area is 134 Å². The van der Waals surface area contributed by atoms with E-state index in [1.165, 1.54) is 0 Å². The Morgan fingerprint density at radius 1 is 1.48 bits per heavy atom. The van der Waals surface area contributed by atoms with Crippen molar-refractivity contribution in [2.45, 2.75) is 32.1 Å². The van der Waals surface area contributed by atoms with Crippen LogP contribution >= 0.6 is 15.9 Å². The second kappa shape index (κ2) is 6.65. The molecule has 0 radical (unpaired) electrons. The average molecular weight is 372 g/mol. The summed E-state index contributed by atoms with van der Waals surface area (Å²) in [5.41, 5.74) is 8.53. The van der Waals surface area contributed by atoms with Crippen molar-refractivity contribution in [3.8, 4) is 11.4 Å². The maximum atomic E-state index is 11.4. The molecule has 0 saturated heterocycles.